The van der Waals surface area contributed by atoms with Gasteiger partial charge in [0.05, 0.1) is 12.6 Å². The van der Waals surface area contributed by atoms with E-state index in [0.717, 1.165) is 33.6 Å². The Kier molecular flexibility index (Phi) is 5.71. The molecule has 0 saturated carbocycles. The normalized spacial score (nSPS) is 18.4. The highest BCUT2D eigenvalue weighted by Crippen LogP contribution is 2.43. The molecule has 1 saturated heterocycles. The molecule has 0 radical (unpaired) electrons. The zero-order valence-electron chi connectivity index (χ0n) is 15.6. The third-order valence-corrected chi connectivity index (χ3v) is 6.85. The standard InChI is InChI=1S/C22H22BrNO3S/c1-2-27-18-10-9-15(23)13-16(18)21(24-11-5-7-17(24)22(25)26)20-12-14-6-3-4-8-19(14)28-20/h3-4,6,8-10,12-13,17,21H,2,5,7,11H2,1H3,(H,25,26). The minimum Gasteiger partial charge on any atom is -0.494 e. The monoisotopic (exact) mass is 459 g/mol. The van der Waals surface area contributed by atoms with Crippen molar-refractivity contribution in [2.75, 3.05) is 13.2 Å². The van der Waals surface area contributed by atoms with E-state index in [4.69, 9.17) is 4.74 Å². The Morgan fingerprint density at radius 2 is 2.14 bits per heavy atom. The maximum absolute atomic E-state index is 12.0. The highest BCUT2D eigenvalue weighted by molar-refractivity contribution is 9.10. The van der Waals surface area contributed by atoms with Crippen LogP contribution in [-0.2, 0) is 4.79 Å². The summed E-state index contributed by atoms with van der Waals surface area (Å²) in [5.74, 6) is 0.0563. The van der Waals surface area contributed by atoms with Gasteiger partial charge in [-0.25, -0.2) is 0 Å². The molecule has 2 aromatic carbocycles. The topological polar surface area (TPSA) is 49.8 Å². The molecule has 0 aliphatic carbocycles. The number of carbonyl (C=O) groups is 1. The lowest BCUT2D eigenvalue weighted by Gasteiger charge is -2.32. The van der Waals surface area contributed by atoms with Crippen LogP contribution in [0.5, 0.6) is 5.75 Å². The van der Waals surface area contributed by atoms with E-state index < -0.39 is 12.0 Å². The maximum atomic E-state index is 12.0. The maximum Gasteiger partial charge on any atom is 0.320 e. The summed E-state index contributed by atoms with van der Waals surface area (Å²) in [6.45, 7) is 3.29. The van der Waals surface area contributed by atoms with Crippen LogP contribution in [-0.4, -0.2) is 35.2 Å². The number of hydrogen-bond acceptors (Lipinski definition) is 4. The minimum atomic E-state index is -0.753. The van der Waals surface area contributed by atoms with Gasteiger partial charge >= 0.3 is 5.97 Å². The van der Waals surface area contributed by atoms with E-state index in [9.17, 15) is 9.90 Å². The van der Waals surface area contributed by atoms with Gasteiger partial charge in [-0.05, 0) is 55.5 Å². The summed E-state index contributed by atoms with van der Waals surface area (Å²) in [5.41, 5.74) is 1.01. The highest BCUT2D eigenvalue weighted by Gasteiger charge is 2.38. The van der Waals surface area contributed by atoms with Gasteiger partial charge in [0.1, 0.15) is 11.8 Å². The number of benzene rings is 2. The lowest BCUT2D eigenvalue weighted by Crippen LogP contribution is -2.39. The molecule has 4 nitrogen and oxygen atoms in total. The van der Waals surface area contributed by atoms with Gasteiger partial charge in [0.25, 0.3) is 0 Å². The number of thiophene rings is 1. The Balaban J connectivity index is 1.89. The third kappa shape index (κ3) is 3.69. The average molecular weight is 460 g/mol. The van der Waals surface area contributed by atoms with Gasteiger partial charge in [0.15, 0.2) is 0 Å². The Labute approximate surface area is 176 Å². The lowest BCUT2D eigenvalue weighted by atomic mass is 10.0. The van der Waals surface area contributed by atoms with Crippen molar-refractivity contribution in [3.8, 4) is 5.75 Å². The van der Waals surface area contributed by atoms with E-state index in [2.05, 4.69) is 45.1 Å². The molecule has 0 amide bonds. The summed E-state index contributed by atoms with van der Waals surface area (Å²) in [7, 11) is 0. The van der Waals surface area contributed by atoms with Gasteiger partial charge < -0.3 is 9.84 Å². The molecule has 1 aliphatic heterocycles. The molecule has 1 aromatic heterocycles. The number of aliphatic carboxylic acids is 1. The Bertz CT molecular complexity index is 969. The fourth-order valence-corrected chi connectivity index (χ4v) is 5.60. The predicted octanol–water partition coefficient (Wildman–Crippen LogP) is 5.70. The first kappa shape index (κ1) is 19.4. The minimum absolute atomic E-state index is 0.153. The smallest absolute Gasteiger partial charge is 0.320 e. The largest absolute Gasteiger partial charge is 0.494 e. The van der Waals surface area contributed by atoms with Crippen LogP contribution in [0.3, 0.4) is 0 Å². The van der Waals surface area contributed by atoms with Crippen molar-refractivity contribution in [1.29, 1.82) is 0 Å². The number of fused-ring (bicyclic) bond motifs is 1. The van der Waals surface area contributed by atoms with Crippen LogP contribution >= 0.6 is 27.3 Å². The number of carboxylic acids is 1. The number of ether oxygens (including phenoxy) is 1. The molecule has 6 heteroatoms. The fraction of sp³-hybridized carbons (Fsp3) is 0.318. The van der Waals surface area contributed by atoms with Crippen molar-refractivity contribution in [1.82, 2.24) is 4.90 Å². The van der Waals surface area contributed by atoms with E-state index >= 15 is 0 Å². The van der Waals surface area contributed by atoms with Crippen molar-refractivity contribution >= 4 is 43.3 Å². The number of rotatable bonds is 6. The molecule has 2 unspecified atom stereocenters. The van der Waals surface area contributed by atoms with Gasteiger partial charge in [-0.2, -0.15) is 0 Å². The van der Waals surface area contributed by atoms with Crippen molar-refractivity contribution < 1.29 is 14.6 Å². The Morgan fingerprint density at radius 3 is 2.89 bits per heavy atom. The SMILES string of the molecule is CCOc1ccc(Br)cc1C(c1cc2ccccc2s1)N1CCCC1C(=O)O. The highest BCUT2D eigenvalue weighted by atomic mass is 79.9. The van der Waals surface area contributed by atoms with Crippen LogP contribution in [0.25, 0.3) is 10.1 Å². The van der Waals surface area contributed by atoms with Crippen LogP contribution in [0.4, 0.5) is 0 Å². The Hall–Kier alpha value is -1.89. The quantitative estimate of drug-likeness (QED) is 0.513. The van der Waals surface area contributed by atoms with Gasteiger partial charge in [-0.3, -0.25) is 9.69 Å². The summed E-state index contributed by atoms with van der Waals surface area (Å²) in [4.78, 5) is 15.2. The van der Waals surface area contributed by atoms with Gasteiger partial charge in [0, 0.05) is 26.2 Å². The number of likely N-dealkylation sites (tertiary alicyclic amines) is 1. The summed E-state index contributed by atoms with van der Waals surface area (Å²) in [6.07, 6.45) is 1.56. The molecular weight excluding hydrogens is 438 g/mol. The number of halogens is 1. The molecular formula is C22H22BrNO3S. The molecule has 3 aromatic rings. The fourth-order valence-electron chi connectivity index (χ4n) is 4.02. The number of carboxylic acid groups (broad SMARTS) is 1. The van der Waals surface area contributed by atoms with Gasteiger partial charge in [-0.1, -0.05) is 34.1 Å². The van der Waals surface area contributed by atoms with Crippen LogP contribution < -0.4 is 4.74 Å². The molecule has 1 fully saturated rings. The van der Waals surface area contributed by atoms with E-state index in [1.165, 1.54) is 10.1 Å². The first-order chi connectivity index (χ1) is 13.6. The molecule has 1 aliphatic rings. The van der Waals surface area contributed by atoms with E-state index in [-0.39, 0.29) is 6.04 Å². The van der Waals surface area contributed by atoms with Crippen molar-refractivity contribution in [2.24, 2.45) is 0 Å². The summed E-state index contributed by atoms with van der Waals surface area (Å²) in [6, 6.07) is 15.9. The van der Waals surface area contributed by atoms with Crippen LogP contribution in [0, 0.1) is 0 Å². The van der Waals surface area contributed by atoms with E-state index in [0.29, 0.717) is 13.0 Å². The number of hydrogen-bond donors (Lipinski definition) is 1. The van der Waals surface area contributed by atoms with Crippen molar-refractivity contribution in [2.45, 2.75) is 31.8 Å². The van der Waals surface area contributed by atoms with Crippen molar-refractivity contribution in [3.63, 3.8) is 0 Å². The molecule has 28 heavy (non-hydrogen) atoms. The van der Waals surface area contributed by atoms with Crippen LogP contribution in [0.2, 0.25) is 0 Å². The average Bonchev–Trinajstić information content (AvgIpc) is 3.31. The summed E-state index contributed by atoms with van der Waals surface area (Å²) in [5, 5.41) is 11.0. The second-order valence-corrected chi connectivity index (χ2v) is 8.97. The molecule has 1 N–H and O–H groups in total. The molecule has 0 spiro atoms. The molecule has 146 valence electrons. The second-order valence-electron chi connectivity index (χ2n) is 6.94. The first-order valence-electron chi connectivity index (χ1n) is 9.47. The molecule has 2 atom stereocenters. The van der Waals surface area contributed by atoms with Gasteiger partial charge in [0.2, 0.25) is 0 Å². The van der Waals surface area contributed by atoms with Crippen molar-refractivity contribution in [3.05, 3.63) is 63.4 Å². The van der Waals surface area contributed by atoms with E-state index in [1.54, 1.807) is 11.3 Å². The predicted molar refractivity (Wildman–Crippen MR) is 116 cm³/mol. The van der Waals surface area contributed by atoms with Gasteiger partial charge in [-0.15, -0.1) is 11.3 Å². The summed E-state index contributed by atoms with van der Waals surface area (Å²) < 4.78 is 8.10. The van der Waals surface area contributed by atoms with Crippen LogP contribution in [0.15, 0.2) is 53.0 Å². The molecule has 0 bridgehead atoms. The van der Waals surface area contributed by atoms with Crippen LogP contribution in [0.1, 0.15) is 36.2 Å². The molecule has 2 heterocycles. The summed E-state index contributed by atoms with van der Waals surface area (Å²) >= 11 is 5.32. The second kappa shape index (κ2) is 8.23. The van der Waals surface area contributed by atoms with E-state index in [1.807, 2.05) is 31.2 Å². The lowest BCUT2D eigenvalue weighted by molar-refractivity contribution is -0.142. The number of nitrogens with zero attached hydrogens (tertiary/aromatic N) is 1. The first-order valence-corrected chi connectivity index (χ1v) is 11.1. The zero-order valence-corrected chi connectivity index (χ0v) is 18.0. The Morgan fingerprint density at radius 1 is 1.32 bits per heavy atom. The molecule has 4 rings (SSSR count). The third-order valence-electron chi connectivity index (χ3n) is 5.19. The zero-order chi connectivity index (χ0) is 19.7.